The number of benzene rings is 1. The Labute approximate surface area is 182 Å². The standard InChI is InChI=1S/C23H29N3O5/c1-30-19-14-18(25-10-6-3-7-11-25)20(31-2)13-15(19)12-17-21(27)24-23(29)26(22(17)28)16-8-4-5-9-16/h12-14,16H,3-11H2,1-2H3,(H,24,27,29)/b17-12+. The number of carbonyl (C=O) groups excluding carboxylic acids is 3. The van der Waals surface area contributed by atoms with Crippen molar-refractivity contribution in [1.29, 1.82) is 0 Å². The maximum Gasteiger partial charge on any atom is 0.331 e. The fourth-order valence-corrected chi connectivity index (χ4v) is 4.72. The lowest BCUT2D eigenvalue weighted by molar-refractivity contribution is -0.131. The number of anilines is 1. The van der Waals surface area contributed by atoms with Crippen molar-refractivity contribution in [1.82, 2.24) is 10.2 Å². The normalized spacial score (nSPS) is 21.6. The van der Waals surface area contributed by atoms with Crippen molar-refractivity contribution in [2.75, 3.05) is 32.2 Å². The molecule has 2 saturated heterocycles. The molecule has 2 heterocycles. The van der Waals surface area contributed by atoms with Crippen LogP contribution in [-0.4, -0.2) is 56.1 Å². The Morgan fingerprint density at radius 2 is 1.61 bits per heavy atom. The Bertz CT molecular complexity index is 914. The molecule has 3 fully saturated rings. The average molecular weight is 428 g/mol. The summed E-state index contributed by atoms with van der Waals surface area (Å²) in [5, 5.41) is 2.31. The molecule has 2 aliphatic heterocycles. The summed E-state index contributed by atoms with van der Waals surface area (Å²) in [6, 6.07) is 2.87. The average Bonchev–Trinajstić information content (AvgIpc) is 3.31. The van der Waals surface area contributed by atoms with Crippen LogP contribution in [0.2, 0.25) is 0 Å². The molecule has 3 aliphatic rings. The molecule has 0 aromatic heterocycles. The highest BCUT2D eigenvalue weighted by Crippen LogP contribution is 2.38. The molecule has 0 unspecified atom stereocenters. The van der Waals surface area contributed by atoms with Crippen LogP contribution in [0, 0.1) is 0 Å². The molecule has 1 N–H and O–H groups in total. The van der Waals surface area contributed by atoms with Gasteiger partial charge in [0, 0.05) is 30.8 Å². The SMILES string of the molecule is COc1cc(N2CCCCC2)c(OC)cc1/C=C1\C(=O)NC(=O)N(C2CCCC2)C1=O. The monoisotopic (exact) mass is 427 g/mol. The number of carbonyl (C=O) groups is 3. The summed E-state index contributed by atoms with van der Waals surface area (Å²) in [4.78, 5) is 41.4. The zero-order chi connectivity index (χ0) is 22.0. The zero-order valence-electron chi connectivity index (χ0n) is 18.1. The highest BCUT2D eigenvalue weighted by atomic mass is 16.5. The molecule has 0 spiro atoms. The first kappa shape index (κ1) is 21.2. The summed E-state index contributed by atoms with van der Waals surface area (Å²) in [6.45, 7) is 1.89. The van der Waals surface area contributed by atoms with E-state index in [1.54, 1.807) is 20.3 Å². The quantitative estimate of drug-likeness (QED) is 0.574. The van der Waals surface area contributed by atoms with Gasteiger partial charge in [-0.3, -0.25) is 19.8 Å². The largest absolute Gasteiger partial charge is 0.496 e. The van der Waals surface area contributed by atoms with Gasteiger partial charge in [0.25, 0.3) is 11.8 Å². The van der Waals surface area contributed by atoms with E-state index in [2.05, 4.69) is 10.2 Å². The highest BCUT2D eigenvalue weighted by molar-refractivity contribution is 6.31. The van der Waals surface area contributed by atoms with Crippen LogP contribution < -0.4 is 19.7 Å². The first-order valence-corrected chi connectivity index (χ1v) is 10.9. The molecule has 0 radical (unpaired) electrons. The van der Waals surface area contributed by atoms with E-state index in [1.165, 1.54) is 17.4 Å². The van der Waals surface area contributed by atoms with Gasteiger partial charge in [-0.05, 0) is 44.2 Å². The Morgan fingerprint density at radius 3 is 2.26 bits per heavy atom. The lowest BCUT2D eigenvalue weighted by atomic mass is 10.0. The minimum atomic E-state index is -0.689. The van der Waals surface area contributed by atoms with Gasteiger partial charge in [0.15, 0.2) is 0 Å². The zero-order valence-corrected chi connectivity index (χ0v) is 18.1. The molecule has 8 heteroatoms. The second-order valence-electron chi connectivity index (χ2n) is 8.24. The van der Waals surface area contributed by atoms with Gasteiger partial charge in [-0.2, -0.15) is 0 Å². The van der Waals surface area contributed by atoms with Crippen molar-refractivity contribution in [3.63, 3.8) is 0 Å². The van der Waals surface area contributed by atoms with Crippen molar-refractivity contribution >= 4 is 29.6 Å². The minimum absolute atomic E-state index is 0.0717. The summed E-state index contributed by atoms with van der Waals surface area (Å²) in [7, 11) is 3.16. The summed E-state index contributed by atoms with van der Waals surface area (Å²) in [6.07, 6.45) is 8.43. The fourth-order valence-electron chi connectivity index (χ4n) is 4.72. The van der Waals surface area contributed by atoms with Crippen LogP contribution in [-0.2, 0) is 9.59 Å². The first-order valence-electron chi connectivity index (χ1n) is 10.9. The van der Waals surface area contributed by atoms with Gasteiger partial charge in [-0.1, -0.05) is 12.8 Å². The Morgan fingerprint density at radius 1 is 0.935 bits per heavy atom. The number of barbiturate groups is 1. The van der Waals surface area contributed by atoms with Gasteiger partial charge in [0.05, 0.1) is 19.9 Å². The van der Waals surface area contributed by atoms with Crippen molar-refractivity contribution < 1.29 is 23.9 Å². The third kappa shape index (κ3) is 4.11. The van der Waals surface area contributed by atoms with E-state index in [0.29, 0.717) is 17.1 Å². The van der Waals surface area contributed by atoms with Gasteiger partial charge in [0.1, 0.15) is 17.1 Å². The molecule has 0 atom stereocenters. The van der Waals surface area contributed by atoms with E-state index in [-0.39, 0.29) is 11.6 Å². The molecule has 8 nitrogen and oxygen atoms in total. The van der Waals surface area contributed by atoms with E-state index < -0.39 is 17.8 Å². The summed E-state index contributed by atoms with van der Waals surface area (Å²) < 4.78 is 11.2. The first-order chi connectivity index (χ1) is 15.0. The second kappa shape index (κ2) is 8.99. The van der Waals surface area contributed by atoms with E-state index >= 15 is 0 Å². The molecule has 166 valence electrons. The molecule has 31 heavy (non-hydrogen) atoms. The van der Waals surface area contributed by atoms with Crippen LogP contribution in [0.3, 0.4) is 0 Å². The lowest BCUT2D eigenvalue weighted by Crippen LogP contribution is -2.57. The van der Waals surface area contributed by atoms with Crippen LogP contribution in [0.1, 0.15) is 50.5 Å². The van der Waals surface area contributed by atoms with Crippen LogP contribution in [0.5, 0.6) is 11.5 Å². The molecule has 4 rings (SSSR count). The smallest absolute Gasteiger partial charge is 0.331 e. The number of ether oxygens (including phenoxy) is 2. The number of imide groups is 2. The molecule has 1 saturated carbocycles. The van der Waals surface area contributed by atoms with E-state index in [1.807, 2.05) is 6.07 Å². The number of urea groups is 1. The van der Waals surface area contributed by atoms with Gasteiger partial charge in [-0.15, -0.1) is 0 Å². The number of hydrogen-bond donors (Lipinski definition) is 1. The Kier molecular flexibility index (Phi) is 6.15. The van der Waals surface area contributed by atoms with E-state index in [9.17, 15) is 14.4 Å². The van der Waals surface area contributed by atoms with Crippen LogP contribution in [0.25, 0.3) is 6.08 Å². The van der Waals surface area contributed by atoms with Crippen LogP contribution in [0.15, 0.2) is 17.7 Å². The number of piperidine rings is 1. The number of nitrogens with one attached hydrogen (secondary N) is 1. The molecule has 1 aliphatic carbocycles. The second-order valence-corrected chi connectivity index (χ2v) is 8.24. The molecule has 1 aromatic rings. The van der Waals surface area contributed by atoms with E-state index in [0.717, 1.165) is 57.3 Å². The lowest BCUT2D eigenvalue weighted by Gasteiger charge is -2.31. The number of methoxy groups -OCH3 is 2. The number of hydrogen-bond acceptors (Lipinski definition) is 6. The predicted molar refractivity (Wildman–Crippen MR) is 116 cm³/mol. The van der Waals surface area contributed by atoms with Gasteiger partial charge in [0.2, 0.25) is 0 Å². The molecule has 1 aromatic carbocycles. The minimum Gasteiger partial charge on any atom is -0.496 e. The maximum absolute atomic E-state index is 13.1. The fraction of sp³-hybridized carbons (Fsp3) is 0.522. The maximum atomic E-state index is 13.1. The molecular formula is C23H29N3O5. The number of rotatable bonds is 5. The van der Waals surface area contributed by atoms with Crippen molar-refractivity contribution in [2.45, 2.75) is 51.0 Å². The Hall–Kier alpha value is -3.03. The predicted octanol–water partition coefficient (Wildman–Crippen LogP) is 3.10. The molecule has 0 bridgehead atoms. The summed E-state index contributed by atoms with van der Waals surface area (Å²) in [5.41, 5.74) is 1.42. The molecule has 4 amide bonds. The van der Waals surface area contributed by atoms with Crippen molar-refractivity contribution in [3.8, 4) is 11.5 Å². The van der Waals surface area contributed by atoms with Crippen molar-refractivity contribution in [2.24, 2.45) is 0 Å². The Balaban J connectivity index is 1.71. The molecular weight excluding hydrogens is 398 g/mol. The van der Waals surface area contributed by atoms with Gasteiger partial charge >= 0.3 is 6.03 Å². The number of amides is 4. The van der Waals surface area contributed by atoms with Crippen LogP contribution >= 0.6 is 0 Å². The summed E-state index contributed by atoms with van der Waals surface area (Å²) >= 11 is 0. The van der Waals surface area contributed by atoms with Gasteiger partial charge in [-0.25, -0.2) is 4.79 Å². The highest BCUT2D eigenvalue weighted by Gasteiger charge is 2.40. The topological polar surface area (TPSA) is 88.2 Å². The van der Waals surface area contributed by atoms with Crippen LogP contribution in [0.4, 0.5) is 10.5 Å². The summed E-state index contributed by atoms with van der Waals surface area (Å²) in [5.74, 6) is -0.0483. The third-order valence-corrected chi connectivity index (χ3v) is 6.35. The third-order valence-electron chi connectivity index (χ3n) is 6.35. The van der Waals surface area contributed by atoms with E-state index in [4.69, 9.17) is 9.47 Å². The number of nitrogens with zero attached hydrogens (tertiary/aromatic N) is 2. The van der Waals surface area contributed by atoms with Gasteiger partial charge < -0.3 is 14.4 Å². The van der Waals surface area contributed by atoms with Crippen molar-refractivity contribution in [3.05, 3.63) is 23.3 Å².